The second-order valence-corrected chi connectivity index (χ2v) is 15.0. The Labute approximate surface area is 305 Å². The molecule has 0 aliphatic carbocycles. The van der Waals surface area contributed by atoms with Crippen LogP contribution in [-0.4, -0.2) is 109 Å². The minimum absolute atomic E-state index is 0.00884. The number of methoxy groups -OCH3 is 1. The van der Waals surface area contributed by atoms with E-state index in [0.717, 1.165) is 6.29 Å². The van der Waals surface area contributed by atoms with Gasteiger partial charge in [-0.2, -0.15) is 0 Å². The normalized spacial score (nSPS) is 20.0. The monoisotopic (exact) mass is 715 g/mol. The molecule has 1 saturated heterocycles. The van der Waals surface area contributed by atoms with E-state index in [1.165, 1.54) is 7.11 Å². The highest BCUT2D eigenvalue weighted by Crippen LogP contribution is 2.30. The van der Waals surface area contributed by atoms with Crippen LogP contribution in [0.25, 0.3) is 0 Å². The van der Waals surface area contributed by atoms with Crippen LogP contribution in [0.3, 0.4) is 0 Å². The van der Waals surface area contributed by atoms with Gasteiger partial charge in [0.1, 0.15) is 12.3 Å². The number of ether oxygens (including phenoxy) is 1. The van der Waals surface area contributed by atoms with Gasteiger partial charge in [0.2, 0.25) is 23.6 Å². The van der Waals surface area contributed by atoms with Gasteiger partial charge in [-0.1, -0.05) is 85.2 Å². The van der Waals surface area contributed by atoms with Crippen molar-refractivity contribution in [2.45, 2.75) is 123 Å². The maximum atomic E-state index is 14.1. The van der Waals surface area contributed by atoms with E-state index in [-0.39, 0.29) is 47.8 Å². The second-order valence-electron chi connectivity index (χ2n) is 15.0. The number of aliphatic hydroxyl groups excluding tert-OH is 1. The standard InChI is InChI=1S/C39H65N5O7/c1-12-25(6)34(43(10)39(50)33(24(4)5)42-38(49)32(40-9)23(2)3)29(22-45)21-31(46)44-20-16-19-30(44)36(51-11)26(7)37(48)41-27(8)35(47)28-17-14-13-15-18-28/h13-15,17-18,22-27,29-30,32-36,40,47H,12,16,19-21H2,1-11H3,(H,41,48)(H,42,49)/t25-,26+,27+,29-,30-,32-,33-,34-,35+,36+/m0/s1. The summed E-state index contributed by atoms with van der Waals surface area (Å²) in [5.74, 6) is -2.89. The largest absolute Gasteiger partial charge is 0.386 e. The zero-order valence-corrected chi connectivity index (χ0v) is 32.7. The highest BCUT2D eigenvalue weighted by atomic mass is 16.5. The summed E-state index contributed by atoms with van der Waals surface area (Å²) in [5, 5.41) is 19.7. The molecular formula is C39H65N5O7. The topological polar surface area (TPSA) is 157 Å². The third-order valence-corrected chi connectivity index (χ3v) is 10.7. The Balaban J connectivity index is 2.24. The molecule has 4 amide bonds. The molecule has 1 heterocycles. The fourth-order valence-corrected chi connectivity index (χ4v) is 7.45. The maximum absolute atomic E-state index is 14.1. The molecular weight excluding hydrogens is 650 g/mol. The Hall–Kier alpha value is -3.35. The number of hydrogen-bond acceptors (Lipinski definition) is 8. The third kappa shape index (κ3) is 11.3. The van der Waals surface area contributed by atoms with Gasteiger partial charge in [-0.3, -0.25) is 19.2 Å². The van der Waals surface area contributed by atoms with Crippen LogP contribution in [0.1, 0.15) is 92.7 Å². The molecule has 10 atom stereocenters. The average molecular weight is 716 g/mol. The van der Waals surface area contributed by atoms with Crippen LogP contribution in [0.4, 0.5) is 0 Å². The summed E-state index contributed by atoms with van der Waals surface area (Å²) in [4.78, 5) is 70.7. The number of hydrogen-bond donors (Lipinski definition) is 4. The van der Waals surface area contributed by atoms with Gasteiger partial charge in [-0.15, -0.1) is 0 Å². The number of amides is 4. The summed E-state index contributed by atoms with van der Waals surface area (Å²) >= 11 is 0. The molecule has 0 bridgehead atoms. The van der Waals surface area contributed by atoms with E-state index >= 15 is 0 Å². The number of carbonyl (C=O) groups is 5. The maximum Gasteiger partial charge on any atom is 0.245 e. The first-order valence-electron chi connectivity index (χ1n) is 18.6. The molecule has 0 aromatic heterocycles. The molecule has 51 heavy (non-hydrogen) atoms. The zero-order valence-electron chi connectivity index (χ0n) is 32.7. The molecule has 1 aromatic rings. The number of likely N-dealkylation sites (N-methyl/N-ethyl adjacent to an activating group) is 2. The average Bonchev–Trinajstić information content (AvgIpc) is 3.59. The van der Waals surface area contributed by atoms with Crippen LogP contribution in [0.15, 0.2) is 30.3 Å². The van der Waals surface area contributed by atoms with Gasteiger partial charge in [-0.05, 0) is 50.1 Å². The summed E-state index contributed by atoms with van der Waals surface area (Å²) in [6.45, 7) is 15.5. The molecule has 0 radical (unpaired) electrons. The van der Waals surface area contributed by atoms with Crippen molar-refractivity contribution < 1.29 is 33.8 Å². The van der Waals surface area contributed by atoms with Crippen molar-refractivity contribution in [1.82, 2.24) is 25.8 Å². The molecule has 0 saturated carbocycles. The predicted molar refractivity (Wildman–Crippen MR) is 198 cm³/mol. The van der Waals surface area contributed by atoms with Crippen molar-refractivity contribution in [3.05, 3.63) is 35.9 Å². The van der Waals surface area contributed by atoms with Gasteiger partial charge in [-0.25, -0.2) is 0 Å². The van der Waals surface area contributed by atoms with Gasteiger partial charge in [0, 0.05) is 39.1 Å². The van der Waals surface area contributed by atoms with Crippen LogP contribution in [0.5, 0.6) is 0 Å². The van der Waals surface area contributed by atoms with E-state index in [1.807, 2.05) is 59.7 Å². The molecule has 12 nitrogen and oxygen atoms in total. The van der Waals surface area contributed by atoms with Crippen LogP contribution in [0, 0.1) is 29.6 Å². The number of benzene rings is 1. The van der Waals surface area contributed by atoms with Gasteiger partial charge >= 0.3 is 0 Å². The van der Waals surface area contributed by atoms with Crippen LogP contribution in [0.2, 0.25) is 0 Å². The Kier molecular flexibility index (Phi) is 17.7. The highest BCUT2D eigenvalue weighted by molar-refractivity contribution is 5.90. The molecule has 0 unspecified atom stereocenters. The van der Waals surface area contributed by atoms with E-state index < -0.39 is 54.3 Å². The Morgan fingerprint density at radius 1 is 0.980 bits per heavy atom. The van der Waals surface area contributed by atoms with Gasteiger partial charge < -0.3 is 40.4 Å². The summed E-state index contributed by atoms with van der Waals surface area (Å²) < 4.78 is 5.87. The fourth-order valence-electron chi connectivity index (χ4n) is 7.45. The number of carbonyl (C=O) groups excluding carboxylic acids is 5. The number of nitrogens with one attached hydrogen (secondary N) is 3. The minimum Gasteiger partial charge on any atom is -0.386 e. The van der Waals surface area contributed by atoms with Crippen LogP contribution >= 0.6 is 0 Å². The Morgan fingerprint density at radius 2 is 1.59 bits per heavy atom. The SMILES string of the molecule is CC[C@H](C)[C@@H]([C@H](C=O)CC(=O)N1CCC[C@H]1[C@H](OC)[C@@H](C)C(=O)N[C@H](C)[C@@H](O)c1ccccc1)N(C)C(=O)[C@@H](NC(=O)[C@@H](NC)C(C)C)C(C)C. The van der Waals surface area contributed by atoms with Gasteiger partial charge in [0.25, 0.3) is 0 Å². The van der Waals surface area contributed by atoms with Crippen molar-refractivity contribution in [3.63, 3.8) is 0 Å². The van der Waals surface area contributed by atoms with Crippen molar-refractivity contribution in [3.8, 4) is 0 Å². The molecule has 4 N–H and O–H groups in total. The number of likely N-dealkylation sites (tertiary alicyclic amines) is 1. The highest BCUT2D eigenvalue weighted by Gasteiger charge is 2.43. The summed E-state index contributed by atoms with van der Waals surface area (Å²) in [6, 6.07) is 6.28. The Morgan fingerprint density at radius 3 is 2.10 bits per heavy atom. The first kappa shape index (κ1) is 43.8. The smallest absolute Gasteiger partial charge is 0.245 e. The molecule has 1 aromatic carbocycles. The molecule has 1 aliphatic heterocycles. The first-order valence-corrected chi connectivity index (χ1v) is 18.6. The molecule has 12 heteroatoms. The quantitative estimate of drug-likeness (QED) is 0.150. The molecule has 1 aliphatic rings. The first-order chi connectivity index (χ1) is 24.0. The lowest BCUT2D eigenvalue weighted by Crippen LogP contribution is -2.58. The van der Waals surface area contributed by atoms with E-state index in [0.29, 0.717) is 31.4 Å². The lowest BCUT2D eigenvalue weighted by Gasteiger charge is -2.40. The zero-order chi connectivity index (χ0) is 38.6. The fraction of sp³-hybridized carbons (Fsp3) is 0.718. The van der Waals surface area contributed by atoms with E-state index in [4.69, 9.17) is 4.74 Å². The van der Waals surface area contributed by atoms with Crippen molar-refractivity contribution in [2.24, 2.45) is 29.6 Å². The van der Waals surface area contributed by atoms with E-state index in [9.17, 15) is 29.1 Å². The van der Waals surface area contributed by atoms with Crippen molar-refractivity contribution in [2.75, 3.05) is 27.7 Å². The number of aldehydes is 1. The number of aliphatic hydroxyl groups is 1. The molecule has 1 fully saturated rings. The second kappa shape index (κ2) is 20.6. The predicted octanol–water partition coefficient (Wildman–Crippen LogP) is 3.33. The summed E-state index contributed by atoms with van der Waals surface area (Å²) in [5.41, 5.74) is 0.694. The van der Waals surface area contributed by atoms with Gasteiger partial charge in [0.05, 0.1) is 36.3 Å². The Bertz CT molecular complexity index is 1280. The van der Waals surface area contributed by atoms with Crippen LogP contribution < -0.4 is 16.0 Å². The molecule has 0 spiro atoms. The summed E-state index contributed by atoms with van der Waals surface area (Å²) in [6.07, 6.45) is 1.15. The van der Waals surface area contributed by atoms with E-state index in [1.54, 1.807) is 49.9 Å². The minimum atomic E-state index is -0.894. The van der Waals surface area contributed by atoms with Crippen LogP contribution in [-0.2, 0) is 28.7 Å². The lowest BCUT2D eigenvalue weighted by atomic mass is 9.84. The molecule has 288 valence electrons. The third-order valence-electron chi connectivity index (χ3n) is 10.7. The number of nitrogens with zero attached hydrogens (tertiary/aromatic N) is 2. The molecule has 2 rings (SSSR count). The van der Waals surface area contributed by atoms with Crippen molar-refractivity contribution >= 4 is 29.9 Å². The lowest BCUT2D eigenvalue weighted by molar-refractivity contribution is -0.145. The summed E-state index contributed by atoms with van der Waals surface area (Å²) in [7, 11) is 4.88. The van der Waals surface area contributed by atoms with Gasteiger partial charge in [0.15, 0.2) is 0 Å². The number of rotatable bonds is 20. The van der Waals surface area contributed by atoms with E-state index in [2.05, 4.69) is 16.0 Å². The van der Waals surface area contributed by atoms with Crippen molar-refractivity contribution in [1.29, 1.82) is 0 Å².